The van der Waals surface area contributed by atoms with E-state index in [1.807, 2.05) is 0 Å². The first-order valence-electron chi connectivity index (χ1n) is 13.6. The van der Waals surface area contributed by atoms with Crippen molar-refractivity contribution in [3.8, 4) is 16.9 Å². The van der Waals surface area contributed by atoms with Crippen LogP contribution in [0.4, 0.5) is 14.5 Å². The van der Waals surface area contributed by atoms with Gasteiger partial charge in [0.05, 0.1) is 29.4 Å². The summed E-state index contributed by atoms with van der Waals surface area (Å²) in [6, 6.07) is 18.6. The Hall–Kier alpha value is -4.29. The van der Waals surface area contributed by atoms with E-state index >= 15 is 0 Å². The van der Waals surface area contributed by atoms with Crippen molar-refractivity contribution < 1.29 is 22.0 Å². The molecule has 0 aliphatic carbocycles. The molecule has 1 saturated heterocycles. The molecule has 2 heterocycles. The summed E-state index contributed by atoms with van der Waals surface area (Å²) in [6.07, 6.45) is 0.390. The topological polar surface area (TPSA) is 105 Å². The molecule has 4 aromatic rings. The molecule has 0 spiro atoms. The lowest BCUT2D eigenvalue weighted by molar-refractivity contribution is 0.0725. The highest BCUT2D eigenvalue weighted by Gasteiger charge is 2.32. The smallest absolute Gasteiger partial charge is 0.334 e. The van der Waals surface area contributed by atoms with Crippen LogP contribution in [0.2, 0.25) is 0 Å². The van der Waals surface area contributed by atoms with Crippen molar-refractivity contribution in [2.24, 2.45) is 0 Å². The lowest BCUT2D eigenvalue weighted by atomic mass is 10.1. The van der Waals surface area contributed by atoms with Gasteiger partial charge in [0, 0.05) is 31.7 Å². The number of rotatable bonds is 9. The number of imidazole rings is 1. The summed E-state index contributed by atoms with van der Waals surface area (Å²) in [4.78, 5) is 30.2. The maximum absolute atomic E-state index is 14.4. The average molecular weight is 596 g/mol. The molecule has 0 bridgehead atoms. The van der Waals surface area contributed by atoms with Crippen molar-refractivity contribution in [1.29, 1.82) is 0 Å². The Labute approximate surface area is 242 Å². The average Bonchev–Trinajstić information content (AvgIpc) is 3.26. The number of carbonyl (C=O) groups excluding carboxylic acids is 1. The number of carbonyl (C=O) groups is 1. The zero-order valence-electron chi connectivity index (χ0n) is 23.0. The predicted molar refractivity (Wildman–Crippen MR) is 157 cm³/mol. The summed E-state index contributed by atoms with van der Waals surface area (Å²) >= 11 is 0. The van der Waals surface area contributed by atoms with Gasteiger partial charge in [-0.1, -0.05) is 55.5 Å². The Bertz CT molecular complexity index is 1760. The summed E-state index contributed by atoms with van der Waals surface area (Å²) in [5.74, 6) is -2.63. The van der Waals surface area contributed by atoms with E-state index < -0.39 is 33.3 Å². The molecule has 0 atom stereocenters. The Morgan fingerprint density at radius 1 is 0.952 bits per heavy atom. The van der Waals surface area contributed by atoms with Crippen LogP contribution in [0.3, 0.4) is 0 Å². The second-order valence-electron chi connectivity index (χ2n) is 10.00. The number of hydrogen-bond donors (Lipinski definition) is 2. The molecule has 1 aliphatic rings. The van der Waals surface area contributed by atoms with Crippen molar-refractivity contribution in [3.05, 3.63) is 106 Å². The molecular weight excluding hydrogens is 564 g/mol. The van der Waals surface area contributed by atoms with Gasteiger partial charge >= 0.3 is 5.69 Å². The number of anilines is 1. The normalized spacial score (nSPS) is 13.7. The molecule has 1 aromatic heterocycles. The van der Waals surface area contributed by atoms with Crippen molar-refractivity contribution in [1.82, 2.24) is 19.4 Å². The fourth-order valence-corrected chi connectivity index (χ4v) is 6.22. The molecule has 0 radical (unpaired) electrons. The third-order valence-corrected chi connectivity index (χ3v) is 8.48. The minimum absolute atomic E-state index is 0.0593. The molecular formula is C30H31F2N5O4S. The number of aromatic nitrogens is 2. The van der Waals surface area contributed by atoms with Gasteiger partial charge < -0.3 is 10.2 Å². The highest BCUT2D eigenvalue weighted by atomic mass is 32.2. The lowest BCUT2D eigenvalue weighted by Crippen LogP contribution is -2.47. The van der Waals surface area contributed by atoms with E-state index in [9.17, 15) is 26.8 Å². The minimum Gasteiger partial charge on any atom is -0.335 e. The van der Waals surface area contributed by atoms with Gasteiger partial charge in [0.25, 0.3) is 5.91 Å². The quantitative estimate of drug-likeness (QED) is 0.306. The first-order chi connectivity index (χ1) is 20.2. The molecule has 42 heavy (non-hydrogen) atoms. The molecule has 1 aliphatic heterocycles. The molecule has 0 unspecified atom stereocenters. The highest BCUT2D eigenvalue weighted by molar-refractivity contribution is 7.92. The third kappa shape index (κ3) is 6.00. The van der Waals surface area contributed by atoms with Crippen LogP contribution in [0.5, 0.6) is 0 Å². The molecule has 12 heteroatoms. The van der Waals surface area contributed by atoms with Gasteiger partial charge in [-0.05, 0) is 36.2 Å². The van der Waals surface area contributed by atoms with Gasteiger partial charge in [-0.2, -0.15) is 0 Å². The number of nitrogens with zero attached hydrogens (tertiary/aromatic N) is 3. The molecule has 3 aromatic carbocycles. The number of sulfonamides is 1. The Kier molecular flexibility index (Phi) is 8.55. The van der Waals surface area contributed by atoms with Crippen LogP contribution in [-0.2, 0) is 16.6 Å². The number of hydrogen-bond acceptors (Lipinski definition) is 5. The van der Waals surface area contributed by atoms with Crippen LogP contribution in [-0.4, -0.2) is 60.3 Å². The zero-order chi connectivity index (χ0) is 29.9. The van der Waals surface area contributed by atoms with Gasteiger partial charge in [-0.15, -0.1) is 0 Å². The Balaban J connectivity index is 1.80. The lowest BCUT2D eigenvalue weighted by Gasteiger charge is -2.28. The van der Waals surface area contributed by atoms with Crippen LogP contribution in [0.15, 0.2) is 77.6 Å². The van der Waals surface area contributed by atoms with Crippen LogP contribution in [0.1, 0.15) is 29.4 Å². The standard InChI is InChI=1S/C30H31F2N5O4S/c1-2-18-42(40,41)34-25-10-6-7-11-26(25)37-27(22-8-4-3-5-9-22)28(29(38)35-16-14-33-15-17-35)36(30(37)39)20-21-12-13-23(31)24(32)19-21/h3-13,19,33-34H,2,14-18,20H2,1H3. The van der Waals surface area contributed by atoms with Crippen LogP contribution in [0.25, 0.3) is 16.9 Å². The summed E-state index contributed by atoms with van der Waals surface area (Å²) in [7, 11) is -3.73. The number of nitrogens with one attached hydrogen (secondary N) is 2. The van der Waals surface area contributed by atoms with E-state index in [-0.39, 0.29) is 40.6 Å². The maximum atomic E-state index is 14.4. The van der Waals surface area contributed by atoms with E-state index in [2.05, 4.69) is 10.0 Å². The Morgan fingerprint density at radius 3 is 2.33 bits per heavy atom. The summed E-state index contributed by atoms with van der Waals surface area (Å²) < 4.78 is 58.6. The van der Waals surface area contributed by atoms with Crippen molar-refractivity contribution >= 4 is 21.6 Å². The number of halogens is 2. The van der Waals surface area contributed by atoms with Gasteiger partial charge in [-0.3, -0.25) is 18.7 Å². The largest absolute Gasteiger partial charge is 0.335 e. The summed E-state index contributed by atoms with van der Waals surface area (Å²) in [5, 5.41) is 3.21. The predicted octanol–water partition coefficient (Wildman–Crippen LogP) is 3.83. The Morgan fingerprint density at radius 2 is 1.64 bits per heavy atom. The van der Waals surface area contributed by atoms with Crippen LogP contribution in [0, 0.1) is 11.6 Å². The van der Waals surface area contributed by atoms with Gasteiger partial charge in [0.15, 0.2) is 11.6 Å². The van der Waals surface area contributed by atoms with E-state index in [1.54, 1.807) is 66.4 Å². The fraction of sp³-hybridized carbons (Fsp3) is 0.267. The summed E-state index contributed by atoms with van der Waals surface area (Å²) in [6.45, 7) is 3.48. The number of para-hydroxylation sites is 2. The second-order valence-corrected chi connectivity index (χ2v) is 11.8. The number of benzene rings is 3. The number of piperazine rings is 1. The van der Waals surface area contributed by atoms with E-state index in [0.717, 1.165) is 12.1 Å². The van der Waals surface area contributed by atoms with Crippen LogP contribution < -0.4 is 15.7 Å². The maximum Gasteiger partial charge on any atom is 0.334 e. The van der Waals surface area contributed by atoms with Crippen LogP contribution >= 0.6 is 0 Å². The van der Waals surface area contributed by atoms with E-state index in [4.69, 9.17) is 0 Å². The molecule has 9 nitrogen and oxygen atoms in total. The molecule has 5 rings (SSSR count). The first-order valence-corrected chi connectivity index (χ1v) is 15.3. The van der Waals surface area contributed by atoms with Crippen molar-refractivity contribution in [3.63, 3.8) is 0 Å². The first kappa shape index (κ1) is 29.2. The monoisotopic (exact) mass is 595 g/mol. The minimum atomic E-state index is -3.73. The molecule has 220 valence electrons. The summed E-state index contributed by atoms with van der Waals surface area (Å²) in [5.41, 5.74) is 0.885. The zero-order valence-corrected chi connectivity index (χ0v) is 23.8. The molecule has 0 saturated carbocycles. The van der Waals surface area contributed by atoms with Gasteiger partial charge in [0.1, 0.15) is 5.69 Å². The SMILES string of the molecule is CCCS(=O)(=O)Nc1ccccc1-n1c(-c2ccccc2)c(C(=O)N2CCNCC2)n(Cc2ccc(F)c(F)c2)c1=O. The van der Waals surface area contributed by atoms with Gasteiger partial charge in [-0.25, -0.2) is 22.0 Å². The third-order valence-electron chi connectivity index (χ3n) is 7.00. The highest BCUT2D eigenvalue weighted by Crippen LogP contribution is 2.31. The number of amides is 1. The van der Waals surface area contributed by atoms with Crippen molar-refractivity contribution in [2.45, 2.75) is 19.9 Å². The molecule has 2 N–H and O–H groups in total. The second kappa shape index (κ2) is 12.3. The van der Waals surface area contributed by atoms with E-state index in [1.165, 1.54) is 15.2 Å². The van der Waals surface area contributed by atoms with Crippen molar-refractivity contribution in [2.75, 3.05) is 36.7 Å². The fourth-order valence-electron chi connectivity index (χ4n) is 5.07. The molecule has 1 fully saturated rings. The molecule has 1 amide bonds. The van der Waals surface area contributed by atoms with E-state index in [0.29, 0.717) is 38.2 Å². The van der Waals surface area contributed by atoms with Gasteiger partial charge in [0.2, 0.25) is 10.0 Å².